The maximum Gasteiger partial charge on any atom is 0.333 e. The second-order valence-corrected chi connectivity index (χ2v) is 6.57. The quantitative estimate of drug-likeness (QED) is 0.513. The summed E-state index contributed by atoms with van der Waals surface area (Å²) in [7, 11) is 3.07. The molecule has 0 atom stereocenters. The number of methoxy groups -OCH3 is 1. The molecule has 0 amide bonds. The Hall–Kier alpha value is -2.67. The number of ether oxygens (including phenoxy) is 1. The van der Waals surface area contributed by atoms with Gasteiger partial charge in [0.05, 0.1) is 35.5 Å². The van der Waals surface area contributed by atoms with Crippen LogP contribution >= 0.6 is 15.9 Å². The molecule has 0 saturated carbocycles. The summed E-state index contributed by atoms with van der Waals surface area (Å²) in [6.07, 6.45) is 1.66. The number of hydrogen-bond donors (Lipinski definition) is 0. The summed E-state index contributed by atoms with van der Waals surface area (Å²) in [5.41, 5.74) is 2.27. The lowest BCUT2D eigenvalue weighted by Gasteiger charge is -2.08. The Morgan fingerprint density at radius 1 is 1.20 bits per heavy atom. The van der Waals surface area contributed by atoms with Gasteiger partial charge in [0.25, 0.3) is 0 Å². The van der Waals surface area contributed by atoms with Crippen molar-refractivity contribution in [2.45, 2.75) is 0 Å². The second-order valence-electron chi connectivity index (χ2n) is 5.65. The molecule has 25 heavy (non-hydrogen) atoms. The zero-order valence-electron chi connectivity index (χ0n) is 13.5. The molecule has 0 aliphatic carbocycles. The Morgan fingerprint density at radius 3 is 2.72 bits per heavy atom. The minimum atomic E-state index is -0.525. The van der Waals surface area contributed by atoms with Crippen LogP contribution in [0.2, 0.25) is 0 Å². The predicted molar refractivity (Wildman–Crippen MR) is 98.0 cm³/mol. The van der Waals surface area contributed by atoms with Crippen LogP contribution in [0.3, 0.4) is 0 Å². The maximum absolute atomic E-state index is 14.2. The zero-order valence-corrected chi connectivity index (χ0v) is 15.0. The Bertz CT molecular complexity index is 1200. The highest BCUT2D eigenvalue weighted by molar-refractivity contribution is 9.10. The lowest BCUT2D eigenvalue weighted by molar-refractivity contribution is 0.386. The molecule has 4 aromatic rings. The molecule has 0 aliphatic heterocycles. The molecule has 0 unspecified atom stereocenters. The van der Waals surface area contributed by atoms with E-state index in [0.717, 1.165) is 15.4 Å². The number of nitrogens with zero attached hydrogens (tertiary/aromatic N) is 3. The van der Waals surface area contributed by atoms with E-state index in [1.807, 2.05) is 18.2 Å². The average molecular weight is 402 g/mol. The third-order valence-corrected chi connectivity index (χ3v) is 4.73. The van der Waals surface area contributed by atoms with Crippen LogP contribution in [0.5, 0.6) is 5.75 Å². The molecule has 0 bridgehead atoms. The van der Waals surface area contributed by atoms with Gasteiger partial charge in [0, 0.05) is 23.0 Å². The van der Waals surface area contributed by atoms with Gasteiger partial charge in [-0.3, -0.25) is 14.1 Å². The molecule has 0 spiro atoms. The summed E-state index contributed by atoms with van der Waals surface area (Å²) < 4.78 is 23.0. The smallest absolute Gasteiger partial charge is 0.333 e. The number of hydrogen-bond acceptors (Lipinski definition) is 3. The molecule has 0 fully saturated rings. The molecule has 0 N–H and O–H groups in total. The number of halogens is 2. The van der Waals surface area contributed by atoms with E-state index in [0.29, 0.717) is 16.7 Å². The van der Waals surface area contributed by atoms with Crippen molar-refractivity contribution in [3.8, 4) is 11.4 Å². The van der Waals surface area contributed by atoms with Crippen LogP contribution in [0.15, 0.2) is 51.9 Å². The zero-order chi connectivity index (χ0) is 17.7. The third kappa shape index (κ3) is 2.34. The van der Waals surface area contributed by atoms with Crippen LogP contribution in [0.25, 0.3) is 27.6 Å². The van der Waals surface area contributed by atoms with E-state index in [2.05, 4.69) is 20.9 Å². The molecular weight excluding hydrogens is 389 g/mol. The van der Waals surface area contributed by atoms with E-state index in [-0.39, 0.29) is 11.4 Å². The normalized spacial score (nSPS) is 11.4. The maximum atomic E-state index is 14.2. The summed E-state index contributed by atoms with van der Waals surface area (Å²) in [5, 5.41) is 0.806. The van der Waals surface area contributed by atoms with E-state index in [1.54, 1.807) is 19.3 Å². The Morgan fingerprint density at radius 2 is 2.00 bits per heavy atom. The minimum Gasteiger partial charge on any atom is -0.494 e. The number of benzene rings is 2. The standard InChI is InChI=1S/C18H13BrFN3O2/c1-22-15-9-21-14-5-3-10(19)7-12(14)17(15)23(18(22)24)11-4-6-16(25-2)13(20)8-11/h3-9H,1-2H3. The molecule has 0 radical (unpaired) electrons. The average Bonchev–Trinajstić information content (AvgIpc) is 2.86. The van der Waals surface area contributed by atoms with Gasteiger partial charge in [0.15, 0.2) is 11.6 Å². The second kappa shape index (κ2) is 5.70. The highest BCUT2D eigenvalue weighted by atomic mass is 79.9. The van der Waals surface area contributed by atoms with Crippen LogP contribution in [-0.4, -0.2) is 21.2 Å². The van der Waals surface area contributed by atoms with Gasteiger partial charge in [-0.15, -0.1) is 0 Å². The number of pyridine rings is 1. The lowest BCUT2D eigenvalue weighted by atomic mass is 10.2. The fourth-order valence-electron chi connectivity index (χ4n) is 3.00. The summed E-state index contributed by atoms with van der Waals surface area (Å²) >= 11 is 3.46. The first kappa shape index (κ1) is 15.8. The first-order chi connectivity index (χ1) is 12.0. The van der Waals surface area contributed by atoms with Gasteiger partial charge < -0.3 is 4.74 Å². The Labute approximate surface area is 150 Å². The van der Waals surface area contributed by atoms with Crippen molar-refractivity contribution in [1.82, 2.24) is 14.1 Å². The number of aromatic nitrogens is 3. The molecule has 7 heteroatoms. The summed E-state index contributed by atoms with van der Waals surface area (Å²) in [6.45, 7) is 0. The molecule has 0 aliphatic rings. The van der Waals surface area contributed by atoms with Gasteiger partial charge in [0.1, 0.15) is 0 Å². The lowest BCUT2D eigenvalue weighted by Crippen LogP contribution is -2.21. The highest BCUT2D eigenvalue weighted by Crippen LogP contribution is 2.28. The summed E-state index contributed by atoms with van der Waals surface area (Å²) in [4.78, 5) is 17.2. The van der Waals surface area contributed by atoms with Crippen LogP contribution in [-0.2, 0) is 7.05 Å². The van der Waals surface area contributed by atoms with Crippen molar-refractivity contribution in [3.05, 3.63) is 63.4 Å². The van der Waals surface area contributed by atoms with E-state index in [1.165, 1.54) is 28.4 Å². The topological polar surface area (TPSA) is 49.0 Å². The van der Waals surface area contributed by atoms with Crippen LogP contribution in [0.1, 0.15) is 0 Å². The molecule has 126 valence electrons. The van der Waals surface area contributed by atoms with Gasteiger partial charge >= 0.3 is 5.69 Å². The van der Waals surface area contributed by atoms with E-state index in [4.69, 9.17) is 4.74 Å². The first-order valence-corrected chi connectivity index (χ1v) is 8.30. The highest BCUT2D eigenvalue weighted by Gasteiger charge is 2.17. The minimum absolute atomic E-state index is 0.131. The van der Waals surface area contributed by atoms with Gasteiger partial charge in [-0.05, 0) is 30.3 Å². The van der Waals surface area contributed by atoms with Gasteiger partial charge in [-0.2, -0.15) is 0 Å². The SMILES string of the molecule is COc1ccc(-n2c(=O)n(C)c3cnc4ccc(Br)cc4c32)cc1F. The van der Waals surface area contributed by atoms with E-state index >= 15 is 0 Å². The van der Waals surface area contributed by atoms with Crippen molar-refractivity contribution in [2.75, 3.05) is 7.11 Å². The molecule has 0 saturated heterocycles. The number of imidazole rings is 1. The molecular formula is C18H13BrFN3O2. The molecule has 2 heterocycles. The van der Waals surface area contributed by atoms with Gasteiger partial charge in [-0.25, -0.2) is 9.18 Å². The van der Waals surface area contributed by atoms with Crippen LogP contribution in [0.4, 0.5) is 4.39 Å². The predicted octanol–water partition coefficient (Wildman–Crippen LogP) is 3.79. The molecule has 5 nitrogen and oxygen atoms in total. The van der Waals surface area contributed by atoms with Crippen LogP contribution in [0, 0.1) is 5.82 Å². The summed E-state index contributed by atoms with van der Waals surface area (Å²) in [5.74, 6) is -0.394. The van der Waals surface area contributed by atoms with Crippen molar-refractivity contribution < 1.29 is 9.13 Å². The monoisotopic (exact) mass is 401 g/mol. The van der Waals surface area contributed by atoms with Crippen molar-refractivity contribution in [1.29, 1.82) is 0 Å². The largest absolute Gasteiger partial charge is 0.494 e. The van der Waals surface area contributed by atoms with Crippen molar-refractivity contribution in [3.63, 3.8) is 0 Å². The van der Waals surface area contributed by atoms with Crippen molar-refractivity contribution in [2.24, 2.45) is 7.05 Å². The molecule has 2 aromatic carbocycles. The van der Waals surface area contributed by atoms with Crippen LogP contribution < -0.4 is 10.4 Å². The van der Waals surface area contributed by atoms with Crippen molar-refractivity contribution >= 4 is 37.9 Å². The molecule has 4 rings (SSSR count). The van der Waals surface area contributed by atoms with Gasteiger partial charge in [0.2, 0.25) is 0 Å². The number of aryl methyl sites for hydroxylation is 1. The Balaban J connectivity index is 2.16. The number of fused-ring (bicyclic) bond motifs is 3. The fraction of sp³-hybridized carbons (Fsp3) is 0.111. The first-order valence-electron chi connectivity index (χ1n) is 7.51. The summed E-state index contributed by atoms with van der Waals surface area (Å²) in [6, 6.07) is 10.1. The Kier molecular flexibility index (Phi) is 3.61. The van der Waals surface area contributed by atoms with Gasteiger partial charge in [-0.1, -0.05) is 15.9 Å². The molecule has 2 aromatic heterocycles. The van der Waals surface area contributed by atoms with E-state index < -0.39 is 5.82 Å². The third-order valence-electron chi connectivity index (χ3n) is 4.24. The fourth-order valence-corrected chi connectivity index (χ4v) is 3.36. The number of rotatable bonds is 2. The van der Waals surface area contributed by atoms with E-state index in [9.17, 15) is 9.18 Å².